The number of aromatic nitrogens is 1. The second kappa shape index (κ2) is 10.2. The quantitative estimate of drug-likeness (QED) is 0.370. The number of benzene rings is 2. The molecule has 0 saturated carbocycles. The Balaban J connectivity index is 1.60. The zero-order valence-electron chi connectivity index (χ0n) is 19.2. The Kier molecular flexibility index (Phi) is 7.23. The van der Waals surface area contributed by atoms with Gasteiger partial charge in [-0.2, -0.15) is 13.2 Å². The fraction of sp³-hybridized carbons (Fsp3) is 0.231. The molecular weight excluding hydrogens is 495 g/mol. The highest BCUT2D eigenvalue weighted by Crippen LogP contribution is 2.41. The third kappa shape index (κ3) is 5.17. The van der Waals surface area contributed by atoms with Gasteiger partial charge in [-0.15, -0.1) is 6.58 Å². The Morgan fingerprint density at radius 1 is 1.28 bits per heavy atom. The molecule has 10 heteroatoms. The third-order valence-corrected chi connectivity index (χ3v) is 6.15. The van der Waals surface area contributed by atoms with Crippen LogP contribution in [0.5, 0.6) is 5.75 Å². The number of halogens is 4. The molecule has 6 nitrogen and oxygen atoms in total. The van der Waals surface area contributed by atoms with Gasteiger partial charge in [0.2, 0.25) is 0 Å². The minimum absolute atomic E-state index is 0.191. The van der Waals surface area contributed by atoms with Crippen LogP contribution >= 0.6 is 11.6 Å². The number of para-hydroxylation sites is 1. The maximum absolute atomic E-state index is 13.0. The summed E-state index contributed by atoms with van der Waals surface area (Å²) in [5, 5.41) is 13.4. The first kappa shape index (κ1) is 25.5. The first-order valence-corrected chi connectivity index (χ1v) is 11.5. The lowest BCUT2D eigenvalue weighted by Crippen LogP contribution is -2.31. The van der Waals surface area contributed by atoms with Crippen molar-refractivity contribution in [1.29, 1.82) is 0 Å². The maximum Gasteiger partial charge on any atom is 0.416 e. The highest BCUT2D eigenvalue weighted by atomic mass is 35.5. The largest absolute Gasteiger partial charge is 0.489 e. The third-order valence-electron chi connectivity index (χ3n) is 5.87. The molecule has 2 atom stereocenters. The van der Waals surface area contributed by atoms with Crippen molar-refractivity contribution in [3.8, 4) is 5.75 Å². The average molecular weight is 518 g/mol. The molecule has 2 aromatic carbocycles. The van der Waals surface area contributed by atoms with Crippen molar-refractivity contribution in [3.63, 3.8) is 0 Å². The molecule has 1 aliphatic heterocycles. The predicted octanol–water partition coefficient (Wildman–Crippen LogP) is 6.39. The second-order valence-corrected chi connectivity index (χ2v) is 8.70. The zero-order chi connectivity index (χ0) is 26.0. The molecule has 1 aromatic heterocycles. The van der Waals surface area contributed by atoms with Crippen molar-refractivity contribution < 1.29 is 27.8 Å². The van der Waals surface area contributed by atoms with E-state index >= 15 is 0 Å². The number of aliphatic hydroxyl groups excluding tert-OH is 1. The lowest BCUT2D eigenvalue weighted by molar-refractivity contribution is -0.137. The number of rotatable bonds is 6. The van der Waals surface area contributed by atoms with E-state index in [1.165, 1.54) is 12.1 Å². The second-order valence-electron chi connectivity index (χ2n) is 8.30. The van der Waals surface area contributed by atoms with E-state index in [2.05, 4.69) is 16.9 Å². The fourth-order valence-electron chi connectivity index (χ4n) is 3.83. The standard InChI is InChI=1S/C26H23ClF3N3O3/c1-3-15(2)22(34)16-13-20(27)24(31-14-16)33-11-12-36-23-19(5-4-6-21(23)33)25(35)32-18-9-7-17(8-10-18)26(28,29)30/h3-10,13-15,22,34H,1,11-12H2,2H3,(H,32,35). The number of hydrogen-bond acceptors (Lipinski definition) is 5. The molecule has 0 fully saturated rings. The first-order chi connectivity index (χ1) is 17.1. The number of fused-ring (bicyclic) bond motifs is 1. The Morgan fingerprint density at radius 3 is 2.64 bits per heavy atom. The highest BCUT2D eigenvalue weighted by Gasteiger charge is 2.30. The smallest absolute Gasteiger partial charge is 0.416 e. The number of aliphatic hydroxyl groups is 1. The molecule has 36 heavy (non-hydrogen) atoms. The Morgan fingerprint density at radius 2 is 2.00 bits per heavy atom. The topological polar surface area (TPSA) is 74.7 Å². The van der Waals surface area contributed by atoms with Gasteiger partial charge in [0.05, 0.1) is 34.5 Å². The Bertz CT molecular complexity index is 1280. The molecule has 2 N–H and O–H groups in total. The van der Waals surface area contributed by atoms with E-state index < -0.39 is 23.8 Å². The average Bonchev–Trinajstić information content (AvgIpc) is 2.86. The molecule has 0 spiro atoms. The van der Waals surface area contributed by atoms with E-state index in [0.29, 0.717) is 34.4 Å². The predicted molar refractivity (Wildman–Crippen MR) is 132 cm³/mol. The summed E-state index contributed by atoms with van der Waals surface area (Å²) < 4.78 is 44.2. The van der Waals surface area contributed by atoms with Gasteiger partial charge in [-0.1, -0.05) is 30.7 Å². The van der Waals surface area contributed by atoms with Gasteiger partial charge >= 0.3 is 6.18 Å². The number of carbonyl (C=O) groups excluding carboxylic acids is 1. The van der Waals surface area contributed by atoms with Crippen LogP contribution in [0.15, 0.2) is 67.4 Å². The van der Waals surface area contributed by atoms with Gasteiger partial charge in [0.15, 0.2) is 11.6 Å². The van der Waals surface area contributed by atoms with Crippen LogP contribution in [-0.2, 0) is 6.18 Å². The molecule has 1 amide bonds. The fourth-order valence-corrected chi connectivity index (χ4v) is 4.10. The Labute approximate surface area is 211 Å². The van der Waals surface area contributed by atoms with E-state index in [1.807, 2.05) is 11.8 Å². The molecular formula is C26H23ClF3N3O3. The summed E-state index contributed by atoms with van der Waals surface area (Å²) >= 11 is 6.53. The number of pyridine rings is 1. The summed E-state index contributed by atoms with van der Waals surface area (Å²) in [4.78, 5) is 19.2. The van der Waals surface area contributed by atoms with E-state index in [9.17, 15) is 23.1 Å². The number of nitrogens with zero attached hydrogens (tertiary/aromatic N) is 2. The molecule has 188 valence electrons. The SMILES string of the molecule is C=CC(C)C(O)c1cnc(N2CCOc3c(C(=O)Nc4ccc(C(F)(F)F)cc4)cccc32)c(Cl)c1. The van der Waals surface area contributed by atoms with Crippen molar-refractivity contribution in [2.75, 3.05) is 23.4 Å². The van der Waals surface area contributed by atoms with Crippen LogP contribution in [-0.4, -0.2) is 29.1 Å². The molecule has 3 aromatic rings. The molecule has 0 bridgehead atoms. The van der Waals surface area contributed by atoms with E-state index in [-0.39, 0.29) is 23.8 Å². The molecule has 1 aliphatic rings. The minimum atomic E-state index is -4.46. The van der Waals surface area contributed by atoms with E-state index in [0.717, 1.165) is 12.1 Å². The maximum atomic E-state index is 13.0. The molecule has 2 heterocycles. The van der Waals surface area contributed by atoms with Crippen molar-refractivity contribution >= 4 is 34.7 Å². The molecule has 4 rings (SSSR count). The van der Waals surface area contributed by atoms with Crippen LogP contribution in [0, 0.1) is 5.92 Å². The number of hydrogen-bond donors (Lipinski definition) is 2. The molecule has 0 saturated heterocycles. The van der Waals surface area contributed by atoms with Crippen LogP contribution in [0.3, 0.4) is 0 Å². The summed E-state index contributed by atoms with van der Waals surface area (Å²) in [6.07, 6.45) is -2.09. The molecule has 2 unspecified atom stereocenters. The normalized spacial score (nSPS) is 14.9. The summed E-state index contributed by atoms with van der Waals surface area (Å²) in [5.41, 5.74) is 0.724. The summed E-state index contributed by atoms with van der Waals surface area (Å²) in [6.45, 7) is 6.18. The van der Waals surface area contributed by atoms with E-state index in [1.54, 1.807) is 36.5 Å². The Hall–Kier alpha value is -3.56. The van der Waals surface area contributed by atoms with E-state index in [4.69, 9.17) is 16.3 Å². The molecule has 0 radical (unpaired) electrons. The monoisotopic (exact) mass is 517 g/mol. The number of amides is 1. The number of anilines is 3. The van der Waals surface area contributed by atoms with Crippen LogP contribution in [0.1, 0.15) is 34.5 Å². The van der Waals surface area contributed by atoms with Gasteiger partial charge in [-0.05, 0) is 42.5 Å². The van der Waals surface area contributed by atoms with Gasteiger partial charge in [0.1, 0.15) is 6.61 Å². The van der Waals surface area contributed by atoms with Crippen molar-refractivity contribution in [2.45, 2.75) is 19.2 Å². The van der Waals surface area contributed by atoms with Gasteiger partial charge in [-0.3, -0.25) is 4.79 Å². The first-order valence-electron chi connectivity index (χ1n) is 11.1. The van der Waals surface area contributed by atoms with Gasteiger partial charge in [-0.25, -0.2) is 4.98 Å². The number of ether oxygens (including phenoxy) is 1. The number of alkyl halides is 3. The van der Waals surface area contributed by atoms with Gasteiger partial charge in [0.25, 0.3) is 5.91 Å². The molecule has 0 aliphatic carbocycles. The number of nitrogens with one attached hydrogen (secondary N) is 1. The van der Waals surface area contributed by atoms with Crippen LogP contribution in [0.2, 0.25) is 5.02 Å². The van der Waals surface area contributed by atoms with Gasteiger partial charge < -0.3 is 20.1 Å². The summed E-state index contributed by atoms with van der Waals surface area (Å²) in [6, 6.07) is 10.8. The van der Waals surface area contributed by atoms with Crippen molar-refractivity contribution in [3.05, 3.63) is 89.1 Å². The van der Waals surface area contributed by atoms with Crippen molar-refractivity contribution in [1.82, 2.24) is 4.98 Å². The van der Waals surface area contributed by atoms with Crippen molar-refractivity contribution in [2.24, 2.45) is 5.92 Å². The number of carbonyl (C=O) groups is 1. The zero-order valence-corrected chi connectivity index (χ0v) is 20.0. The van der Waals surface area contributed by atoms with Crippen LogP contribution in [0.25, 0.3) is 0 Å². The van der Waals surface area contributed by atoms with Crippen LogP contribution in [0.4, 0.5) is 30.4 Å². The lowest BCUT2D eigenvalue weighted by Gasteiger charge is -2.32. The van der Waals surface area contributed by atoms with Gasteiger partial charge in [0, 0.05) is 23.4 Å². The summed E-state index contributed by atoms with van der Waals surface area (Å²) in [5.74, 6) is 0.00658. The highest BCUT2D eigenvalue weighted by molar-refractivity contribution is 6.33. The van der Waals surface area contributed by atoms with Crippen LogP contribution < -0.4 is 15.0 Å². The summed E-state index contributed by atoms with van der Waals surface area (Å²) in [7, 11) is 0. The lowest BCUT2D eigenvalue weighted by atomic mass is 9.99. The minimum Gasteiger partial charge on any atom is -0.489 e.